The van der Waals surface area contributed by atoms with Crippen molar-refractivity contribution in [1.82, 2.24) is 0 Å². The predicted octanol–water partition coefficient (Wildman–Crippen LogP) is 1.92. The molecule has 0 fully saturated rings. The molecule has 0 atom stereocenters. The molecular weight excluding hydrogens is 178 g/mol. The van der Waals surface area contributed by atoms with E-state index in [1.165, 1.54) is 0 Å². The van der Waals surface area contributed by atoms with Crippen LogP contribution in [0.25, 0.3) is 0 Å². The zero-order chi connectivity index (χ0) is 9.14. The summed E-state index contributed by atoms with van der Waals surface area (Å²) < 4.78 is 0. The van der Waals surface area contributed by atoms with Gasteiger partial charge in [0.25, 0.3) is 0 Å². The molecule has 1 aromatic carbocycles. The van der Waals surface area contributed by atoms with Crippen molar-refractivity contribution in [3.63, 3.8) is 0 Å². The summed E-state index contributed by atoms with van der Waals surface area (Å²) in [6.07, 6.45) is 0.487. The third kappa shape index (κ3) is 1.51. The maximum atomic E-state index is 10.1. The first-order valence-electron chi connectivity index (χ1n) is 3.35. The molecule has 0 aliphatic rings. The van der Waals surface area contributed by atoms with Crippen LogP contribution in [-0.2, 0) is 4.79 Å². The van der Waals surface area contributed by atoms with Gasteiger partial charge in [-0.25, -0.2) is 0 Å². The number of benzene rings is 1. The normalized spacial score (nSPS) is 9.50. The summed E-state index contributed by atoms with van der Waals surface area (Å²) in [4.78, 5) is 10.1. The van der Waals surface area contributed by atoms with Crippen molar-refractivity contribution in [3.05, 3.63) is 22.7 Å². The van der Waals surface area contributed by atoms with Crippen LogP contribution in [0, 0.1) is 6.92 Å². The third-order valence-corrected chi connectivity index (χ3v) is 2.00. The van der Waals surface area contributed by atoms with Crippen molar-refractivity contribution in [2.75, 3.05) is 5.32 Å². The van der Waals surface area contributed by atoms with E-state index in [-0.39, 0.29) is 10.8 Å². The van der Waals surface area contributed by atoms with Crippen LogP contribution in [0.15, 0.2) is 12.1 Å². The van der Waals surface area contributed by atoms with Crippen LogP contribution in [0.2, 0.25) is 5.02 Å². The monoisotopic (exact) mass is 185 g/mol. The summed E-state index contributed by atoms with van der Waals surface area (Å²) >= 11 is 5.71. The molecule has 0 saturated carbocycles. The molecule has 3 nitrogen and oxygen atoms in total. The van der Waals surface area contributed by atoms with Crippen molar-refractivity contribution in [3.8, 4) is 5.75 Å². The fraction of sp³-hybridized carbons (Fsp3) is 0.125. The Bertz CT molecular complexity index is 312. The Morgan fingerprint density at radius 1 is 1.58 bits per heavy atom. The standard InChI is InChI=1S/C8H8ClNO2/c1-5-2-3-6(10-4-11)8(12)7(5)9/h2-4,12H,1H3,(H,10,11). The predicted molar refractivity (Wildman–Crippen MR) is 47.5 cm³/mol. The van der Waals surface area contributed by atoms with E-state index in [4.69, 9.17) is 11.6 Å². The van der Waals surface area contributed by atoms with Gasteiger partial charge in [0.2, 0.25) is 6.41 Å². The van der Waals surface area contributed by atoms with E-state index in [1.54, 1.807) is 19.1 Å². The number of halogens is 1. The number of phenolic OH excluding ortho intramolecular Hbond substituents is 1. The number of phenols is 1. The summed E-state index contributed by atoms with van der Waals surface area (Å²) in [6, 6.07) is 3.30. The summed E-state index contributed by atoms with van der Waals surface area (Å²) in [7, 11) is 0. The van der Waals surface area contributed by atoms with Crippen molar-refractivity contribution in [1.29, 1.82) is 0 Å². The van der Waals surface area contributed by atoms with Crippen molar-refractivity contribution in [2.24, 2.45) is 0 Å². The van der Waals surface area contributed by atoms with Crippen LogP contribution in [0.4, 0.5) is 5.69 Å². The minimum atomic E-state index is -0.0937. The van der Waals surface area contributed by atoms with E-state index in [0.717, 1.165) is 5.56 Å². The molecule has 1 rings (SSSR count). The number of aryl methyl sites for hydroxylation is 1. The minimum Gasteiger partial charge on any atom is -0.504 e. The Hall–Kier alpha value is -1.22. The maximum Gasteiger partial charge on any atom is 0.211 e. The van der Waals surface area contributed by atoms with Crippen LogP contribution in [0.1, 0.15) is 5.56 Å². The highest BCUT2D eigenvalue weighted by Crippen LogP contribution is 2.33. The zero-order valence-electron chi connectivity index (χ0n) is 6.47. The fourth-order valence-corrected chi connectivity index (χ4v) is 1.01. The summed E-state index contributed by atoms with van der Waals surface area (Å²) in [5.74, 6) is -0.0937. The lowest BCUT2D eigenvalue weighted by molar-refractivity contribution is -0.105. The van der Waals surface area contributed by atoms with Gasteiger partial charge in [-0.2, -0.15) is 0 Å². The van der Waals surface area contributed by atoms with Gasteiger partial charge in [0.15, 0.2) is 5.75 Å². The molecule has 1 amide bonds. The van der Waals surface area contributed by atoms with Crippen LogP contribution in [-0.4, -0.2) is 11.5 Å². The quantitative estimate of drug-likeness (QED) is 0.546. The number of amides is 1. The second-order valence-corrected chi connectivity index (χ2v) is 2.73. The molecule has 0 aromatic heterocycles. The van der Waals surface area contributed by atoms with Crippen LogP contribution < -0.4 is 5.32 Å². The average Bonchev–Trinajstić information content (AvgIpc) is 2.07. The Balaban J connectivity index is 3.16. The molecular formula is C8H8ClNO2. The third-order valence-electron chi connectivity index (χ3n) is 1.52. The van der Waals surface area contributed by atoms with Gasteiger partial charge >= 0.3 is 0 Å². The number of aromatic hydroxyl groups is 1. The Morgan fingerprint density at radius 2 is 2.25 bits per heavy atom. The Morgan fingerprint density at radius 3 is 2.83 bits per heavy atom. The number of hydrogen-bond acceptors (Lipinski definition) is 2. The molecule has 12 heavy (non-hydrogen) atoms. The van der Waals surface area contributed by atoms with Gasteiger partial charge in [0.1, 0.15) is 0 Å². The van der Waals surface area contributed by atoms with Gasteiger partial charge in [-0.05, 0) is 18.6 Å². The van der Waals surface area contributed by atoms with Crippen LogP contribution in [0.3, 0.4) is 0 Å². The molecule has 0 heterocycles. The van der Waals surface area contributed by atoms with Crippen molar-refractivity contribution < 1.29 is 9.90 Å². The van der Waals surface area contributed by atoms with Gasteiger partial charge in [-0.15, -0.1) is 0 Å². The number of anilines is 1. The lowest BCUT2D eigenvalue weighted by atomic mass is 10.2. The highest BCUT2D eigenvalue weighted by Gasteiger charge is 2.06. The summed E-state index contributed by atoms with van der Waals surface area (Å²) in [5, 5.41) is 12.0. The Kier molecular flexibility index (Phi) is 2.55. The number of carbonyl (C=O) groups is 1. The highest BCUT2D eigenvalue weighted by molar-refractivity contribution is 6.33. The molecule has 4 heteroatoms. The number of nitrogens with one attached hydrogen (secondary N) is 1. The van der Waals surface area contributed by atoms with E-state index >= 15 is 0 Å². The average molecular weight is 186 g/mol. The van der Waals surface area contributed by atoms with E-state index in [1.807, 2.05) is 0 Å². The first-order chi connectivity index (χ1) is 5.66. The van der Waals surface area contributed by atoms with E-state index in [0.29, 0.717) is 12.1 Å². The second-order valence-electron chi connectivity index (χ2n) is 2.35. The molecule has 2 N–H and O–H groups in total. The largest absolute Gasteiger partial charge is 0.504 e. The first-order valence-corrected chi connectivity index (χ1v) is 3.73. The minimum absolute atomic E-state index is 0.0937. The van der Waals surface area contributed by atoms with Crippen molar-refractivity contribution in [2.45, 2.75) is 6.92 Å². The van der Waals surface area contributed by atoms with E-state index in [2.05, 4.69) is 5.32 Å². The molecule has 0 aliphatic heterocycles. The van der Waals surface area contributed by atoms with Gasteiger partial charge < -0.3 is 10.4 Å². The van der Waals surface area contributed by atoms with Crippen LogP contribution in [0.5, 0.6) is 5.75 Å². The number of carbonyl (C=O) groups excluding carboxylic acids is 1. The van der Waals surface area contributed by atoms with Gasteiger partial charge in [0.05, 0.1) is 10.7 Å². The molecule has 64 valence electrons. The number of rotatable bonds is 2. The molecule has 0 unspecified atom stereocenters. The molecule has 0 radical (unpaired) electrons. The second kappa shape index (κ2) is 3.45. The number of hydrogen-bond donors (Lipinski definition) is 2. The van der Waals surface area contributed by atoms with E-state index in [9.17, 15) is 9.90 Å². The molecule has 0 spiro atoms. The molecule has 0 aliphatic carbocycles. The fourth-order valence-electron chi connectivity index (χ4n) is 0.845. The summed E-state index contributed by atoms with van der Waals surface area (Å²) in [5.41, 5.74) is 1.09. The molecule has 1 aromatic rings. The lowest BCUT2D eigenvalue weighted by Crippen LogP contribution is -1.94. The molecule has 0 saturated heterocycles. The van der Waals surface area contributed by atoms with Gasteiger partial charge in [-0.1, -0.05) is 17.7 Å². The smallest absolute Gasteiger partial charge is 0.211 e. The molecule has 0 bridgehead atoms. The van der Waals surface area contributed by atoms with Crippen molar-refractivity contribution >= 4 is 23.7 Å². The van der Waals surface area contributed by atoms with Gasteiger partial charge in [0, 0.05) is 0 Å². The topological polar surface area (TPSA) is 49.3 Å². The van der Waals surface area contributed by atoms with Gasteiger partial charge in [-0.3, -0.25) is 4.79 Å². The SMILES string of the molecule is Cc1ccc(NC=O)c(O)c1Cl. The van der Waals surface area contributed by atoms with Crippen LogP contribution >= 0.6 is 11.6 Å². The van der Waals surface area contributed by atoms with E-state index < -0.39 is 0 Å². The first kappa shape index (κ1) is 8.87. The lowest BCUT2D eigenvalue weighted by Gasteiger charge is -2.05. The Labute approximate surface area is 75.0 Å². The summed E-state index contributed by atoms with van der Waals surface area (Å²) in [6.45, 7) is 1.77. The maximum absolute atomic E-state index is 10.1. The highest BCUT2D eigenvalue weighted by atomic mass is 35.5. The zero-order valence-corrected chi connectivity index (χ0v) is 7.22.